The molecule has 8 nitrogen and oxygen atoms in total. The Kier molecular flexibility index (Phi) is 4.75. The Hall–Kier alpha value is -3.68. The molecule has 0 radical (unpaired) electrons. The Balaban J connectivity index is 1.43. The second-order valence-corrected chi connectivity index (χ2v) is 7.04. The molecule has 0 saturated carbocycles. The average Bonchev–Trinajstić information content (AvgIpc) is 3.24. The summed E-state index contributed by atoms with van der Waals surface area (Å²) in [5, 5.41) is 5.50. The SMILES string of the molecule is CC(=O)Nc1ccc(NC(=O)[C@@H]2CC(=O)N(c3ccc4oc(C)nc4c3)C2)cc1. The fraction of sp³-hybridized carbons (Fsp3) is 0.238. The normalized spacial score (nSPS) is 16.3. The van der Waals surface area contributed by atoms with Crippen molar-refractivity contribution in [3.8, 4) is 0 Å². The van der Waals surface area contributed by atoms with Gasteiger partial charge in [0.25, 0.3) is 0 Å². The van der Waals surface area contributed by atoms with Crippen LogP contribution in [0.5, 0.6) is 0 Å². The van der Waals surface area contributed by atoms with Crippen molar-refractivity contribution in [2.75, 3.05) is 22.1 Å². The van der Waals surface area contributed by atoms with Gasteiger partial charge in [-0.15, -0.1) is 0 Å². The number of carbonyl (C=O) groups is 3. The second-order valence-electron chi connectivity index (χ2n) is 7.04. The van der Waals surface area contributed by atoms with Gasteiger partial charge in [-0.3, -0.25) is 14.4 Å². The summed E-state index contributed by atoms with van der Waals surface area (Å²) in [6.45, 7) is 3.50. The van der Waals surface area contributed by atoms with Crippen LogP contribution in [-0.4, -0.2) is 29.3 Å². The molecule has 0 aliphatic carbocycles. The molecule has 1 aromatic heterocycles. The van der Waals surface area contributed by atoms with Crippen molar-refractivity contribution in [1.82, 2.24) is 4.98 Å². The van der Waals surface area contributed by atoms with Crippen LogP contribution in [0.15, 0.2) is 46.9 Å². The van der Waals surface area contributed by atoms with Crippen molar-refractivity contribution in [2.24, 2.45) is 5.92 Å². The third-order valence-electron chi connectivity index (χ3n) is 4.76. The van der Waals surface area contributed by atoms with Crippen LogP contribution in [0.2, 0.25) is 0 Å². The van der Waals surface area contributed by atoms with E-state index in [9.17, 15) is 14.4 Å². The molecule has 0 spiro atoms. The first-order valence-electron chi connectivity index (χ1n) is 9.25. The first-order valence-corrected chi connectivity index (χ1v) is 9.25. The molecular weight excluding hydrogens is 372 g/mol. The predicted octanol–water partition coefficient (Wildman–Crippen LogP) is 3.09. The lowest BCUT2D eigenvalue weighted by molar-refractivity contribution is -0.122. The van der Waals surface area contributed by atoms with Gasteiger partial charge < -0.3 is 20.0 Å². The molecule has 1 aliphatic rings. The summed E-state index contributed by atoms with van der Waals surface area (Å²) in [4.78, 5) is 42.1. The number of aromatic nitrogens is 1. The Morgan fingerprint density at radius 2 is 1.79 bits per heavy atom. The number of oxazole rings is 1. The first kappa shape index (κ1) is 18.7. The van der Waals surface area contributed by atoms with Gasteiger partial charge >= 0.3 is 0 Å². The Bertz CT molecular complexity index is 1100. The number of amides is 3. The molecule has 2 N–H and O–H groups in total. The lowest BCUT2D eigenvalue weighted by atomic mass is 10.1. The summed E-state index contributed by atoms with van der Waals surface area (Å²) in [5.41, 5.74) is 3.30. The van der Waals surface area contributed by atoms with Crippen molar-refractivity contribution in [2.45, 2.75) is 20.3 Å². The molecule has 0 unspecified atom stereocenters. The van der Waals surface area contributed by atoms with E-state index in [-0.39, 0.29) is 24.1 Å². The lowest BCUT2D eigenvalue weighted by Crippen LogP contribution is -2.28. The zero-order valence-corrected chi connectivity index (χ0v) is 16.1. The summed E-state index contributed by atoms with van der Waals surface area (Å²) >= 11 is 0. The van der Waals surface area contributed by atoms with E-state index in [2.05, 4.69) is 15.6 Å². The van der Waals surface area contributed by atoms with E-state index in [1.54, 1.807) is 54.3 Å². The highest BCUT2D eigenvalue weighted by Gasteiger charge is 2.35. The Morgan fingerprint density at radius 1 is 1.10 bits per heavy atom. The summed E-state index contributed by atoms with van der Waals surface area (Å²) < 4.78 is 5.47. The second kappa shape index (κ2) is 7.38. The molecule has 1 aliphatic heterocycles. The molecule has 3 amide bonds. The van der Waals surface area contributed by atoms with Crippen LogP contribution in [0.3, 0.4) is 0 Å². The van der Waals surface area contributed by atoms with E-state index in [1.807, 2.05) is 0 Å². The quantitative estimate of drug-likeness (QED) is 0.710. The number of anilines is 3. The molecule has 3 aromatic rings. The van der Waals surface area contributed by atoms with Crippen molar-refractivity contribution in [1.29, 1.82) is 0 Å². The number of aryl methyl sites for hydroxylation is 1. The topological polar surface area (TPSA) is 105 Å². The van der Waals surface area contributed by atoms with Crippen LogP contribution in [0.1, 0.15) is 19.2 Å². The van der Waals surface area contributed by atoms with Gasteiger partial charge in [0, 0.05) is 43.9 Å². The monoisotopic (exact) mass is 392 g/mol. The minimum absolute atomic E-state index is 0.106. The minimum atomic E-state index is -0.452. The van der Waals surface area contributed by atoms with Crippen LogP contribution in [-0.2, 0) is 14.4 Å². The van der Waals surface area contributed by atoms with Gasteiger partial charge in [0.1, 0.15) is 5.52 Å². The number of carbonyl (C=O) groups excluding carboxylic acids is 3. The molecule has 1 fully saturated rings. The van der Waals surface area contributed by atoms with E-state index >= 15 is 0 Å². The van der Waals surface area contributed by atoms with E-state index in [0.717, 1.165) is 0 Å². The minimum Gasteiger partial charge on any atom is -0.441 e. The summed E-state index contributed by atoms with van der Waals surface area (Å²) in [5.74, 6) is -0.374. The molecule has 1 atom stereocenters. The van der Waals surface area contributed by atoms with Crippen LogP contribution in [0.4, 0.5) is 17.1 Å². The van der Waals surface area contributed by atoms with E-state index in [0.29, 0.717) is 40.6 Å². The van der Waals surface area contributed by atoms with Gasteiger partial charge in [0.05, 0.1) is 5.92 Å². The van der Waals surface area contributed by atoms with Crippen molar-refractivity contribution in [3.05, 3.63) is 48.4 Å². The van der Waals surface area contributed by atoms with E-state index in [1.165, 1.54) is 6.92 Å². The zero-order chi connectivity index (χ0) is 20.5. The first-order chi connectivity index (χ1) is 13.9. The maximum absolute atomic E-state index is 12.6. The molecule has 2 aromatic carbocycles. The third-order valence-corrected chi connectivity index (χ3v) is 4.76. The van der Waals surface area contributed by atoms with Gasteiger partial charge in [0.15, 0.2) is 11.5 Å². The van der Waals surface area contributed by atoms with Gasteiger partial charge in [-0.05, 0) is 42.5 Å². The molecule has 148 valence electrons. The number of hydrogen-bond donors (Lipinski definition) is 2. The fourth-order valence-corrected chi connectivity index (χ4v) is 3.42. The fourth-order valence-electron chi connectivity index (χ4n) is 3.42. The van der Waals surface area contributed by atoms with Gasteiger partial charge in [-0.1, -0.05) is 0 Å². The molecule has 8 heteroatoms. The standard InChI is InChI=1S/C21H20N4O4/c1-12(26)22-15-3-5-16(6-4-15)24-21(28)14-9-20(27)25(11-14)17-7-8-19-18(10-17)23-13(2)29-19/h3-8,10,14H,9,11H2,1-2H3,(H,22,26)(H,24,28)/t14-/m1/s1. The number of hydrogen-bond acceptors (Lipinski definition) is 5. The van der Waals surface area contributed by atoms with Gasteiger partial charge in [-0.2, -0.15) is 0 Å². The molecule has 0 bridgehead atoms. The number of nitrogens with zero attached hydrogens (tertiary/aromatic N) is 2. The van der Waals surface area contributed by atoms with Crippen LogP contribution < -0.4 is 15.5 Å². The Morgan fingerprint density at radius 3 is 2.48 bits per heavy atom. The average molecular weight is 392 g/mol. The lowest BCUT2D eigenvalue weighted by Gasteiger charge is -2.16. The Labute approximate surface area is 166 Å². The summed E-state index contributed by atoms with van der Waals surface area (Å²) in [7, 11) is 0. The highest BCUT2D eigenvalue weighted by molar-refractivity contribution is 6.04. The maximum Gasteiger partial charge on any atom is 0.229 e. The van der Waals surface area contributed by atoms with E-state index < -0.39 is 5.92 Å². The van der Waals surface area contributed by atoms with E-state index in [4.69, 9.17) is 4.42 Å². The van der Waals surface area contributed by atoms with Crippen molar-refractivity contribution in [3.63, 3.8) is 0 Å². The number of rotatable bonds is 4. The molecule has 4 rings (SSSR count). The van der Waals surface area contributed by atoms with Crippen LogP contribution in [0.25, 0.3) is 11.1 Å². The number of fused-ring (bicyclic) bond motifs is 1. The number of nitrogens with one attached hydrogen (secondary N) is 2. The zero-order valence-electron chi connectivity index (χ0n) is 16.1. The molecule has 2 heterocycles. The van der Waals surface area contributed by atoms with Crippen LogP contribution in [0, 0.1) is 12.8 Å². The molecule has 29 heavy (non-hydrogen) atoms. The molecular formula is C21H20N4O4. The summed E-state index contributed by atoms with van der Waals surface area (Å²) in [6, 6.07) is 12.2. The summed E-state index contributed by atoms with van der Waals surface area (Å²) in [6.07, 6.45) is 0.145. The van der Waals surface area contributed by atoms with Crippen LogP contribution >= 0.6 is 0 Å². The largest absolute Gasteiger partial charge is 0.441 e. The van der Waals surface area contributed by atoms with Gasteiger partial charge in [-0.25, -0.2) is 4.98 Å². The number of benzene rings is 2. The predicted molar refractivity (Wildman–Crippen MR) is 109 cm³/mol. The highest BCUT2D eigenvalue weighted by Crippen LogP contribution is 2.29. The smallest absolute Gasteiger partial charge is 0.229 e. The molecule has 1 saturated heterocycles. The highest BCUT2D eigenvalue weighted by atomic mass is 16.3. The van der Waals surface area contributed by atoms with Crippen molar-refractivity contribution >= 4 is 45.9 Å². The van der Waals surface area contributed by atoms with Gasteiger partial charge in [0.2, 0.25) is 17.7 Å². The van der Waals surface area contributed by atoms with Crippen molar-refractivity contribution < 1.29 is 18.8 Å². The maximum atomic E-state index is 12.6. The third kappa shape index (κ3) is 3.96.